The van der Waals surface area contributed by atoms with Gasteiger partial charge in [-0.15, -0.1) is 0 Å². The van der Waals surface area contributed by atoms with Crippen molar-refractivity contribution in [2.24, 2.45) is 5.41 Å². The van der Waals surface area contributed by atoms with Crippen LogP contribution < -0.4 is 46.9 Å². The predicted octanol–water partition coefficient (Wildman–Crippen LogP) is 9.02. The maximum atomic E-state index is 2.68. The van der Waals surface area contributed by atoms with Crippen molar-refractivity contribution in [2.45, 2.75) is 34.1 Å². The lowest BCUT2D eigenvalue weighted by atomic mass is 9.33. The van der Waals surface area contributed by atoms with E-state index in [2.05, 4.69) is 226 Å². The molecule has 8 aromatic rings. The molecule has 58 heavy (non-hydrogen) atoms. The minimum absolute atomic E-state index is 0.0303. The van der Waals surface area contributed by atoms with Crippen molar-refractivity contribution < 1.29 is 0 Å². The molecule has 0 fully saturated rings. The fourth-order valence-electron chi connectivity index (χ4n) is 10.6. The maximum Gasteiger partial charge on any atom is 0.252 e. The van der Waals surface area contributed by atoms with Gasteiger partial charge in [0.15, 0.2) is 8.07 Å². The summed E-state index contributed by atoms with van der Waals surface area (Å²) in [4.78, 5) is 5.10. The lowest BCUT2D eigenvalue weighted by Crippen LogP contribution is -2.73. The summed E-state index contributed by atoms with van der Waals surface area (Å²) in [6, 6.07) is 71.6. The third kappa shape index (κ3) is 5.18. The lowest BCUT2D eigenvalue weighted by molar-refractivity contribution is 0.411. The molecule has 0 N–H and O–H groups in total. The summed E-state index contributed by atoms with van der Waals surface area (Å²) in [6.45, 7) is 9.34. The number of aryl methyl sites for hydroxylation is 1. The number of fused-ring (bicyclic) bond motifs is 7. The quantitative estimate of drug-likeness (QED) is 0.162. The Balaban J connectivity index is 1.29. The second-order valence-corrected chi connectivity index (χ2v) is 21.3. The second-order valence-electron chi connectivity index (χ2n) is 17.6. The number of nitrogens with zero attached hydrogens (tertiary/aromatic N) is 2. The van der Waals surface area contributed by atoms with Gasteiger partial charge in [0.2, 0.25) is 0 Å². The first-order chi connectivity index (χ1) is 28.3. The molecule has 0 spiro atoms. The van der Waals surface area contributed by atoms with Crippen molar-refractivity contribution in [1.29, 1.82) is 0 Å². The summed E-state index contributed by atoms with van der Waals surface area (Å²) in [7, 11) is -2.75. The topological polar surface area (TPSA) is 6.48 Å². The van der Waals surface area contributed by atoms with Crippen LogP contribution in [0.25, 0.3) is 11.1 Å². The Bertz CT molecular complexity index is 2830. The van der Waals surface area contributed by atoms with Crippen LogP contribution in [0, 0.1) is 12.3 Å². The van der Waals surface area contributed by atoms with Crippen LogP contribution in [0.4, 0.5) is 34.1 Å². The molecule has 8 aromatic carbocycles. The Morgan fingerprint density at radius 1 is 0.466 bits per heavy atom. The zero-order valence-electron chi connectivity index (χ0n) is 33.6. The number of rotatable bonds is 5. The van der Waals surface area contributed by atoms with Crippen molar-refractivity contribution in [1.82, 2.24) is 0 Å². The zero-order valence-corrected chi connectivity index (χ0v) is 34.6. The van der Waals surface area contributed by atoms with Gasteiger partial charge in [-0.05, 0) is 127 Å². The minimum atomic E-state index is -2.75. The molecule has 3 heterocycles. The molecule has 11 rings (SSSR count). The van der Waals surface area contributed by atoms with Crippen LogP contribution in [0.15, 0.2) is 188 Å². The van der Waals surface area contributed by atoms with E-state index in [9.17, 15) is 0 Å². The molecule has 0 aliphatic carbocycles. The summed E-state index contributed by atoms with van der Waals surface area (Å²) < 4.78 is 0. The fraction of sp³-hybridized carbons (Fsp3) is 0.111. The molecule has 3 aliphatic rings. The molecule has 3 aliphatic heterocycles. The van der Waals surface area contributed by atoms with Gasteiger partial charge in [-0.1, -0.05) is 160 Å². The van der Waals surface area contributed by atoms with Crippen molar-refractivity contribution in [2.75, 3.05) is 9.80 Å². The number of benzene rings is 8. The van der Waals surface area contributed by atoms with Crippen LogP contribution in [-0.4, -0.2) is 14.8 Å². The van der Waals surface area contributed by atoms with Crippen LogP contribution in [0.1, 0.15) is 31.9 Å². The third-order valence-corrected chi connectivity index (χ3v) is 17.5. The molecule has 0 aromatic heterocycles. The summed E-state index contributed by atoms with van der Waals surface area (Å²) in [6.07, 6.45) is 1.01. The summed E-state index contributed by atoms with van der Waals surface area (Å²) in [5, 5.41) is 5.79. The molecule has 0 amide bonds. The Labute approximate surface area is 344 Å². The van der Waals surface area contributed by atoms with E-state index in [0.717, 1.165) is 6.42 Å². The highest BCUT2D eigenvalue weighted by molar-refractivity contribution is 7.22. The summed E-state index contributed by atoms with van der Waals surface area (Å²) in [5.74, 6) is 0. The number of para-hydroxylation sites is 2. The first-order valence-corrected chi connectivity index (χ1v) is 22.7. The van der Waals surface area contributed by atoms with E-state index in [0.29, 0.717) is 0 Å². The van der Waals surface area contributed by atoms with E-state index in [4.69, 9.17) is 0 Å². The van der Waals surface area contributed by atoms with Gasteiger partial charge in [0, 0.05) is 34.1 Å². The molecule has 278 valence electrons. The number of anilines is 6. The Morgan fingerprint density at radius 3 is 1.57 bits per heavy atom. The highest BCUT2D eigenvalue weighted by atomic mass is 28.3. The number of hydrogen-bond acceptors (Lipinski definition) is 2. The molecule has 0 atom stereocenters. The van der Waals surface area contributed by atoms with Crippen molar-refractivity contribution in [3.05, 3.63) is 199 Å². The first-order valence-electron chi connectivity index (χ1n) is 20.7. The molecule has 4 heteroatoms. The molecular weight excluding hydrogens is 716 g/mol. The molecule has 0 bridgehead atoms. The SMILES string of the molecule is Cc1cc2c3c(c1)N(c1ccccc1)c1cc4c(cc1B3c1cc(CC(C)(C)C)ccc1N2c1ccccc1)[Si](c1ccccc1)(c1ccccc1)c1ccccc1-4. The number of hydrogen-bond donors (Lipinski definition) is 0. The Kier molecular flexibility index (Phi) is 7.87. The Hall–Kier alpha value is -6.36. The zero-order chi connectivity index (χ0) is 39.2. The molecule has 2 nitrogen and oxygen atoms in total. The second kappa shape index (κ2) is 13.1. The molecule has 0 saturated heterocycles. The fourth-order valence-corrected chi connectivity index (χ4v) is 15.8. The van der Waals surface area contributed by atoms with E-state index < -0.39 is 8.07 Å². The molecule has 0 saturated carbocycles. The van der Waals surface area contributed by atoms with Gasteiger partial charge in [0.25, 0.3) is 6.71 Å². The monoisotopic (exact) mass is 760 g/mol. The van der Waals surface area contributed by atoms with Gasteiger partial charge in [-0.2, -0.15) is 0 Å². The Morgan fingerprint density at radius 2 is 0.983 bits per heavy atom. The maximum absolute atomic E-state index is 2.75. The van der Waals surface area contributed by atoms with Crippen LogP contribution in [0.5, 0.6) is 0 Å². The summed E-state index contributed by atoms with van der Waals surface area (Å²) in [5.41, 5.74) is 17.0. The van der Waals surface area contributed by atoms with E-state index in [1.807, 2.05) is 0 Å². The molecule has 0 radical (unpaired) electrons. The van der Waals surface area contributed by atoms with Crippen LogP contribution in [0.2, 0.25) is 0 Å². The standard InChI is InChI=1S/C54H45BN2Si/c1-37-31-49-53-50(32-37)57(40-21-11-6-12-22-40)48-34-44-43-27-17-18-28-51(43)58(41-23-13-7-14-24-41,42-25-15-8-16-26-42)52(44)35-46(48)55(53)45-33-38(36-54(2,3)4)29-30-47(45)56(49)39-19-9-5-10-20-39/h5-35H,36H2,1-4H3. The average Bonchev–Trinajstić information content (AvgIpc) is 3.53. The highest BCUT2D eigenvalue weighted by Gasteiger charge is 2.51. The van der Waals surface area contributed by atoms with Gasteiger partial charge in [-0.3, -0.25) is 0 Å². The van der Waals surface area contributed by atoms with Gasteiger partial charge in [-0.25, -0.2) is 0 Å². The van der Waals surface area contributed by atoms with Crippen molar-refractivity contribution in [3.63, 3.8) is 0 Å². The van der Waals surface area contributed by atoms with Gasteiger partial charge < -0.3 is 9.80 Å². The average molecular weight is 761 g/mol. The third-order valence-electron chi connectivity index (χ3n) is 12.6. The van der Waals surface area contributed by atoms with Crippen LogP contribution in [-0.2, 0) is 6.42 Å². The normalized spacial score (nSPS) is 14.3. The molecule has 0 unspecified atom stereocenters. The van der Waals surface area contributed by atoms with E-state index in [1.165, 1.54) is 93.5 Å². The predicted molar refractivity (Wildman–Crippen MR) is 251 cm³/mol. The smallest absolute Gasteiger partial charge is 0.252 e. The van der Waals surface area contributed by atoms with Crippen LogP contribution >= 0.6 is 0 Å². The summed E-state index contributed by atoms with van der Waals surface area (Å²) >= 11 is 0. The minimum Gasteiger partial charge on any atom is -0.311 e. The van der Waals surface area contributed by atoms with Crippen molar-refractivity contribution >= 4 is 86.0 Å². The van der Waals surface area contributed by atoms with E-state index >= 15 is 0 Å². The highest BCUT2D eigenvalue weighted by Crippen LogP contribution is 2.46. The van der Waals surface area contributed by atoms with Gasteiger partial charge in [0.05, 0.1) is 0 Å². The first kappa shape index (κ1) is 34.9. The van der Waals surface area contributed by atoms with Gasteiger partial charge >= 0.3 is 0 Å². The largest absolute Gasteiger partial charge is 0.311 e. The van der Waals surface area contributed by atoms with Crippen LogP contribution in [0.3, 0.4) is 0 Å². The van der Waals surface area contributed by atoms with Gasteiger partial charge in [0.1, 0.15) is 0 Å². The van der Waals surface area contributed by atoms with Crippen molar-refractivity contribution in [3.8, 4) is 11.1 Å². The lowest BCUT2D eigenvalue weighted by Gasteiger charge is -2.45. The van der Waals surface area contributed by atoms with E-state index in [1.54, 1.807) is 0 Å². The molecular formula is C54H45BN2Si. The van der Waals surface area contributed by atoms with E-state index in [-0.39, 0.29) is 12.1 Å².